The molecule has 30 heavy (non-hydrogen) atoms. The van der Waals surface area contributed by atoms with Crippen LogP contribution in [0.4, 0.5) is 5.69 Å². The van der Waals surface area contributed by atoms with Crippen molar-refractivity contribution in [3.05, 3.63) is 22.3 Å². The van der Waals surface area contributed by atoms with Gasteiger partial charge in [-0.05, 0) is 44.4 Å². The minimum atomic E-state index is -4.13. The highest BCUT2D eigenvalue weighted by Crippen LogP contribution is 2.49. The van der Waals surface area contributed by atoms with Crippen LogP contribution in [-0.2, 0) is 29.2 Å². The van der Waals surface area contributed by atoms with Gasteiger partial charge in [0, 0.05) is 26.7 Å². The summed E-state index contributed by atoms with van der Waals surface area (Å²) in [4.78, 5) is 63.4. The van der Waals surface area contributed by atoms with Crippen LogP contribution in [0.15, 0.2) is 4.90 Å². The average molecular weight is 435 g/mol. The number of ketones is 1. The first-order valence-electron chi connectivity index (χ1n) is 8.95. The topological polar surface area (TPSA) is 129 Å². The maximum absolute atomic E-state index is 13.0. The first-order chi connectivity index (χ1) is 13.7. The van der Waals surface area contributed by atoms with Gasteiger partial charge in [0.15, 0.2) is 5.78 Å². The van der Waals surface area contributed by atoms with E-state index in [1.165, 1.54) is 48.8 Å². The van der Waals surface area contributed by atoms with Gasteiger partial charge in [0.25, 0.3) is 29.0 Å². The third kappa shape index (κ3) is 2.21. The molecule has 2 saturated heterocycles. The molecule has 3 rings (SSSR count). The Hall–Kier alpha value is -2.92. The zero-order valence-corrected chi connectivity index (χ0v) is 18.4. The van der Waals surface area contributed by atoms with Gasteiger partial charge in [0.1, 0.15) is 0 Å². The summed E-state index contributed by atoms with van der Waals surface area (Å²) >= 11 is 0. The van der Waals surface area contributed by atoms with Crippen molar-refractivity contribution < 1.29 is 32.4 Å². The predicted molar refractivity (Wildman–Crippen MR) is 104 cm³/mol. The van der Waals surface area contributed by atoms with E-state index in [9.17, 15) is 32.4 Å². The molecule has 0 aliphatic carbocycles. The fourth-order valence-corrected chi connectivity index (χ4v) is 5.45. The summed E-state index contributed by atoms with van der Waals surface area (Å²) in [5.41, 5.74) is -1.81. The standard InChI is InChI=1S/C19H21N3O7S/c1-8-9(2)13(10(3)14(12(8)11(4)23)30(28,29)20(5)6)22-17(26)19(18(22)27)15(24)21(7)16(19)25/h1-7H3. The van der Waals surface area contributed by atoms with E-state index in [2.05, 4.69) is 0 Å². The number of anilines is 1. The van der Waals surface area contributed by atoms with Crippen LogP contribution < -0.4 is 4.90 Å². The summed E-state index contributed by atoms with van der Waals surface area (Å²) in [6.45, 7) is 5.67. The Balaban J connectivity index is 2.32. The number of carbonyl (C=O) groups excluding carboxylic acids is 5. The molecule has 2 heterocycles. The molecule has 0 bridgehead atoms. The maximum Gasteiger partial charge on any atom is 0.285 e. The first kappa shape index (κ1) is 21.8. The second-order valence-electron chi connectivity index (χ2n) is 7.64. The number of rotatable bonds is 4. The van der Waals surface area contributed by atoms with E-state index < -0.39 is 44.9 Å². The molecule has 0 saturated carbocycles. The van der Waals surface area contributed by atoms with E-state index in [0.717, 1.165) is 4.31 Å². The fourth-order valence-electron chi connectivity index (χ4n) is 4.05. The minimum absolute atomic E-state index is 0.0149. The molecule has 0 atom stereocenters. The molecule has 11 heteroatoms. The zero-order chi connectivity index (χ0) is 23.1. The van der Waals surface area contributed by atoms with Crippen LogP contribution in [0.5, 0.6) is 0 Å². The summed E-state index contributed by atoms with van der Waals surface area (Å²) in [6.07, 6.45) is 0. The van der Waals surface area contributed by atoms with Crippen LogP contribution in [0.1, 0.15) is 34.0 Å². The molecule has 0 unspecified atom stereocenters. The third-order valence-electron chi connectivity index (χ3n) is 5.83. The number of likely N-dealkylation sites (tertiary alicyclic amines) is 1. The molecule has 2 aliphatic heterocycles. The Labute approximate surface area is 173 Å². The summed E-state index contributed by atoms with van der Waals surface area (Å²) in [5, 5.41) is 0. The van der Waals surface area contributed by atoms with Crippen molar-refractivity contribution in [2.75, 3.05) is 26.0 Å². The highest BCUT2D eigenvalue weighted by molar-refractivity contribution is 7.89. The van der Waals surface area contributed by atoms with Crippen LogP contribution in [0.25, 0.3) is 0 Å². The Kier molecular flexibility index (Phi) is 4.56. The van der Waals surface area contributed by atoms with Gasteiger partial charge in [-0.2, -0.15) is 0 Å². The molecule has 1 aromatic rings. The Morgan fingerprint density at radius 2 is 1.33 bits per heavy atom. The van der Waals surface area contributed by atoms with E-state index in [0.29, 0.717) is 15.4 Å². The number of benzene rings is 1. The highest BCUT2D eigenvalue weighted by Gasteiger charge is 2.80. The summed E-state index contributed by atoms with van der Waals surface area (Å²) in [6, 6.07) is 0. The molecule has 0 radical (unpaired) electrons. The normalized spacial score (nSPS) is 18.3. The van der Waals surface area contributed by atoms with E-state index >= 15 is 0 Å². The van der Waals surface area contributed by atoms with Crippen LogP contribution in [-0.4, -0.2) is 68.2 Å². The summed E-state index contributed by atoms with van der Waals surface area (Å²) in [5.74, 6) is -4.35. The van der Waals surface area contributed by atoms with Gasteiger partial charge in [-0.1, -0.05) is 0 Å². The molecular formula is C19H21N3O7S. The SMILES string of the molecule is CC(=O)c1c(C)c(C)c(N2C(=O)C3(C(=O)N(C)C3=O)C2=O)c(C)c1S(=O)(=O)N(C)C. The molecule has 160 valence electrons. The lowest BCUT2D eigenvalue weighted by Crippen LogP contribution is -2.84. The molecule has 2 fully saturated rings. The van der Waals surface area contributed by atoms with Gasteiger partial charge in [-0.25, -0.2) is 17.6 Å². The van der Waals surface area contributed by atoms with Crippen molar-refractivity contribution in [3.8, 4) is 0 Å². The van der Waals surface area contributed by atoms with Crippen molar-refractivity contribution in [3.63, 3.8) is 0 Å². The predicted octanol–water partition coefficient (Wildman–Crippen LogP) is -0.0770. The largest absolute Gasteiger partial charge is 0.294 e. The molecule has 1 spiro atoms. The number of nitrogens with zero attached hydrogens (tertiary/aromatic N) is 3. The summed E-state index contributed by atoms with van der Waals surface area (Å²) < 4.78 is 26.9. The fraction of sp³-hybridized carbons (Fsp3) is 0.421. The Morgan fingerprint density at radius 3 is 1.73 bits per heavy atom. The van der Waals surface area contributed by atoms with Crippen molar-refractivity contribution in [1.29, 1.82) is 0 Å². The van der Waals surface area contributed by atoms with Crippen LogP contribution >= 0.6 is 0 Å². The second-order valence-corrected chi connectivity index (χ2v) is 9.73. The first-order valence-corrected chi connectivity index (χ1v) is 10.4. The van der Waals surface area contributed by atoms with Gasteiger partial charge in [0.2, 0.25) is 10.0 Å². The van der Waals surface area contributed by atoms with Crippen molar-refractivity contribution in [2.24, 2.45) is 5.41 Å². The summed E-state index contributed by atoms with van der Waals surface area (Å²) in [7, 11) is -0.366. The lowest BCUT2D eigenvalue weighted by Gasteiger charge is -2.52. The molecule has 1 aromatic carbocycles. The van der Waals surface area contributed by atoms with Crippen molar-refractivity contribution >= 4 is 45.1 Å². The zero-order valence-electron chi connectivity index (χ0n) is 17.6. The number of hydrogen-bond acceptors (Lipinski definition) is 7. The molecule has 10 nitrogen and oxygen atoms in total. The number of β-lactam (4-membered cyclic amide) rings is 4. The van der Waals surface area contributed by atoms with E-state index in [1.807, 2.05) is 0 Å². The molecule has 0 N–H and O–H groups in total. The highest BCUT2D eigenvalue weighted by atomic mass is 32.2. The van der Waals surface area contributed by atoms with E-state index in [4.69, 9.17) is 0 Å². The lowest BCUT2D eigenvalue weighted by atomic mass is 9.68. The van der Waals surface area contributed by atoms with E-state index in [1.54, 1.807) is 0 Å². The Morgan fingerprint density at radius 1 is 0.867 bits per heavy atom. The van der Waals surface area contributed by atoms with Gasteiger partial charge < -0.3 is 0 Å². The van der Waals surface area contributed by atoms with Crippen molar-refractivity contribution in [2.45, 2.75) is 32.6 Å². The van der Waals surface area contributed by atoms with Gasteiger partial charge in [0.05, 0.1) is 10.6 Å². The average Bonchev–Trinajstić information content (AvgIpc) is 2.66. The molecule has 2 aliphatic rings. The van der Waals surface area contributed by atoms with Gasteiger partial charge in [-0.15, -0.1) is 0 Å². The number of Topliss-reactive ketones (excluding diaryl/α,β-unsaturated/α-hetero) is 1. The van der Waals surface area contributed by atoms with Gasteiger partial charge >= 0.3 is 0 Å². The minimum Gasteiger partial charge on any atom is -0.294 e. The maximum atomic E-state index is 13.0. The number of amides is 4. The molecular weight excluding hydrogens is 414 g/mol. The Bertz CT molecular complexity index is 1160. The molecule has 4 amide bonds. The second kappa shape index (κ2) is 6.29. The van der Waals surface area contributed by atoms with E-state index in [-0.39, 0.29) is 27.3 Å². The number of imide groups is 2. The van der Waals surface area contributed by atoms with Crippen molar-refractivity contribution in [1.82, 2.24) is 9.21 Å². The molecule has 0 aromatic heterocycles. The number of carbonyl (C=O) groups is 5. The lowest BCUT2D eigenvalue weighted by molar-refractivity contribution is -0.184. The van der Waals surface area contributed by atoms with Crippen LogP contribution in [0.3, 0.4) is 0 Å². The van der Waals surface area contributed by atoms with Crippen LogP contribution in [0.2, 0.25) is 0 Å². The quantitative estimate of drug-likeness (QED) is 0.367. The van der Waals surface area contributed by atoms with Crippen LogP contribution in [0, 0.1) is 26.2 Å². The van der Waals surface area contributed by atoms with Gasteiger partial charge in [-0.3, -0.25) is 28.9 Å². The number of sulfonamides is 1. The monoisotopic (exact) mass is 435 g/mol. The third-order valence-corrected chi connectivity index (χ3v) is 7.82. The smallest absolute Gasteiger partial charge is 0.285 e. The number of hydrogen-bond donors (Lipinski definition) is 0.